The van der Waals surface area contributed by atoms with Crippen molar-refractivity contribution in [1.82, 2.24) is 4.57 Å². The molecule has 222 valence electrons. The standard InChI is InChI=1S/C31H25Cl3N2O6S/c1-16-26(30(38)41-4)27(18-6-8-21(39-2)9-7-18)36-29(37)25(43-31(36)35-16)12-17-5-10-24(40-3)19(11-17)15-42-28-22(33)13-20(32)14-23(28)34/h5-14,27H,15H2,1-4H3/b25-12+/t27-/m0/s1. The largest absolute Gasteiger partial charge is 0.497 e. The second kappa shape index (κ2) is 12.9. The number of hydrogen-bond donors (Lipinski definition) is 0. The van der Waals surface area contributed by atoms with Crippen LogP contribution in [0, 0.1) is 0 Å². The average molecular weight is 660 g/mol. The zero-order chi connectivity index (χ0) is 30.8. The van der Waals surface area contributed by atoms with Crippen LogP contribution in [0.4, 0.5) is 0 Å². The Morgan fingerprint density at radius 1 is 1.00 bits per heavy atom. The maximum absolute atomic E-state index is 13.9. The Balaban J connectivity index is 1.57. The zero-order valence-corrected chi connectivity index (χ0v) is 26.5. The van der Waals surface area contributed by atoms with Gasteiger partial charge < -0.3 is 18.9 Å². The first-order valence-electron chi connectivity index (χ1n) is 12.8. The highest BCUT2D eigenvalue weighted by Gasteiger charge is 2.33. The van der Waals surface area contributed by atoms with E-state index < -0.39 is 12.0 Å². The minimum atomic E-state index is -0.731. The molecule has 1 aromatic heterocycles. The summed E-state index contributed by atoms with van der Waals surface area (Å²) in [4.78, 5) is 31.9. The van der Waals surface area contributed by atoms with Gasteiger partial charge in [0.2, 0.25) is 0 Å². The Kier molecular flexibility index (Phi) is 9.17. The fraction of sp³-hybridized carbons (Fsp3) is 0.194. The van der Waals surface area contributed by atoms with Gasteiger partial charge in [-0.3, -0.25) is 9.36 Å². The molecule has 0 aliphatic carbocycles. The van der Waals surface area contributed by atoms with Gasteiger partial charge in [0.05, 0.1) is 53.2 Å². The van der Waals surface area contributed by atoms with Gasteiger partial charge >= 0.3 is 5.97 Å². The molecule has 12 heteroatoms. The highest BCUT2D eigenvalue weighted by Crippen LogP contribution is 2.37. The summed E-state index contributed by atoms with van der Waals surface area (Å²) >= 11 is 19.8. The lowest BCUT2D eigenvalue weighted by Crippen LogP contribution is -2.39. The van der Waals surface area contributed by atoms with Gasteiger partial charge in [-0.1, -0.05) is 64.3 Å². The van der Waals surface area contributed by atoms with Gasteiger partial charge in [-0.25, -0.2) is 9.79 Å². The van der Waals surface area contributed by atoms with Crippen molar-refractivity contribution in [2.75, 3.05) is 21.3 Å². The first-order chi connectivity index (χ1) is 20.6. The molecule has 0 amide bonds. The summed E-state index contributed by atoms with van der Waals surface area (Å²) in [5.41, 5.74) is 2.60. The Morgan fingerprint density at radius 2 is 1.70 bits per heavy atom. The minimum Gasteiger partial charge on any atom is -0.497 e. The predicted molar refractivity (Wildman–Crippen MR) is 168 cm³/mol. The minimum absolute atomic E-state index is 0.0896. The number of hydrogen-bond acceptors (Lipinski definition) is 8. The number of allylic oxidation sites excluding steroid dienone is 1. The van der Waals surface area contributed by atoms with E-state index in [1.54, 1.807) is 57.6 Å². The second-order valence-corrected chi connectivity index (χ2v) is 11.7. The molecular formula is C31H25Cl3N2O6S. The molecule has 0 saturated carbocycles. The molecule has 5 rings (SSSR count). The number of methoxy groups -OCH3 is 3. The van der Waals surface area contributed by atoms with Crippen molar-refractivity contribution < 1.29 is 23.7 Å². The molecule has 1 aliphatic heterocycles. The number of carbonyl (C=O) groups is 1. The number of halogens is 3. The molecule has 0 bridgehead atoms. The molecule has 8 nitrogen and oxygen atoms in total. The zero-order valence-electron chi connectivity index (χ0n) is 23.4. The summed E-state index contributed by atoms with van der Waals surface area (Å²) in [7, 11) is 4.43. The van der Waals surface area contributed by atoms with Crippen LogP contribution in [-0.2, 0) is 16.1 Å². The van der Waals surface area contributed by atoms with Crippen LogP contribution in [0.1, 0.15) is 29.7 Å². The summed E-state index contributed by atoms with van der Waals surface area (Å²) in [5, 5.41) is 0.954. The van der Waals surface area contributed by atoms with Crippen LogP contribution < -0.4 is 29.1 Å². The third-order valence-electron chi connectivity index (χ3n) is 6.80. The maximum atomic E-state index is 13.9. The maximum Gasteiger partial charge on any atom is 0.338 e. The van der Waals surface area contributed by atoms with Crippen molar-refractivity contribution in [1.29, 1.82) is 0 Å². The molecule has 0 fully saturated rings. The summed E-state index contributed by atoms with van der Waals surface area (Å²) in [6.45, 7) is 1.82. The number of ether oxygens (including phenoxy) is 4. The SMILES string of the molecule is COC(=O)C1=C(C)N=c2s/c(=C/c3ccc(OC)c(COc4c(Cl)cc(Cl)cc4Cl)c3)c(=O)n2[C@H]1c1ccc(OC)cc1. The molecule has 0 N–H and O–H groups in total. The Hall–Kier alpha value is -3.76. The van der Waals surface area contributed by atoms with Crippen LogP contribution in [0.3, 0.4) is 0 Å². The van der Waals surface area contributed by atoms with Crippen LogP contribution in [-0.4, -0.2) is 31.9 Å². The molecule has 0 spiro atoms. The van der Waals surface area contributed by atoms with Crippen LogP contribution in [0.15, 0.2) is 75.7 Å². The van der Waals surface area contributed by atoms with Crippen LogP contribution in [0.5, 0.6) is 17.2 Å². The number of aromatic nitrogens is 1. The fourth-order valence-corrected chi connectivity index (χ4v) is 6.74. The molecule has 0 saturated heterocycles. The molecule has 1 atom stereocenters. The molecule has 0 unspecified atom stereocenters. The van der Waals surface area contributed by atoms with Crippen molar-refractivity contribution in [3.8, 4) is 17.2 Å². The first kappa shape index (κ1) is 30.7. The van der Waals surface area contributed by atoms with Crippen molar-refractivity contribution in [3.63, 3.8) is 0 Å². The Bertz CT molecular complexity index is 1910. The number of rotatable bonds is 8. The molecule has 0 radical (unpaired) electrons. The van der Waals surface area contributed by atoms with E-state index in [0.29, 0.717) is 48.4 Å². The molecular weight excluding hydrogens is 635 g/mol. The summed E-state index contributed by atoms with van der Waals surface area (Å²) < 4.78 is 23.8. The van der Waals surface area contributed by atoms with Gasteiger partial charge in [0.25, 0.3) is 5.56 Å². The van der Waals surface area contributed by atoms with Gasteiger partial charge in [-0.2, -0.15) is 0 Å². The van der Waals surface area contributed by atoms with Crippen molar-refractivity contribution >= 4 is 58.2 Å². The van der Waals surface area contributed by atoms with Gasteiger partial charge in [0.15, 0.2) is 10.6 Å². The van der Waals surface area contributed by atoms with E-state index in [4.69, 9.17) is 53.8 Å². The Labute approximate surface area is 266 Å². The number of carbonyl (C=O) groups excluding carboxylic acids is 1. The third-order valence-corrected chi connectivity index (χ3v) is 8.56. The lowest BCUT2D eigenvalue weighted by molar-refractivity contribution is -0.136. The van der Waals surface area contributed by atoms with Gasteiger partial charge in [0.1, 0.15) is 18.1 Å². The van der Waals surface area contributed by atoms with Crippen LogP contribution in [0.25, 0.3) is 6.08 Å². The van der Waals surface area contributed by atoms with E-state index in [9.17, 15) is 9.59 Å². The number of thiazole rings is 1. The average Bonchev–Trinajstić information content (AvgIpc) is 3.29. The summed E-state index contributed by atoms with van der Waals surface area (Å²) in [6.07, 6.45) is 1.76. The lowest BCUT2D eigenvalue weighted by atomic mass is 9.96. The van der Waals surface area contributed by atoms with Crippen molar-refractivity contribution in [3.05, 3.63) is 117 Å². The van der Waals surface area contributed by atoms with E-state index in [0.717, 1.165) is 5.56 Å². The monoisotopic (exact) mass is 658 g/mol. The lowest BCUT2D eigenvalue weighted by Gasteiger charge is -2.24. The summed E-state index contributed by atoms with van der Waals surface area (Å²) in [6, 6.07) is 15.0. The highest BCUT2D eigenvalue weighted by molar-refractivity contribution is 7.07. The van der Waals surface area contributed by atoms with Crippen LogP contribution >= 0.6 is 46.1 Å². The normalized spacial score (nSPS) is 14.7. The predicted octanol–water partition coefficient (Wildman–Crippen LogP) is 5.96. The van der Waals surface area contributed by atoms with Gasteiger partial charge in [0, 0.05) is 10.6 Å². The smallest absolute Gasteiger partial charge is 0.338 e. The Morgan fingerprint density at radius 3 is 2.33 bits per heavy atom. The number of esters is 1. The van der Waals surface area contributed by atoms with E-state index >= 15 is 0 Å². The van der Waals surface area contributed by atoms with E-state index in [1.807, 2.05) is 24.3 Å². The first-order valence-corrected chi connectivity index (χ1v) is 14.8. The molecule has 43 heavy (non-hydrogen) atoms. The molecule has 3 aromatic carbocycles. The number of fused-ring (bicyclic) bond motifs is 1. The molecule has 2 heterocycles. The van der Waals surface area contributed by atoms with Crippen molar-refractivity contribution in [2.45, 2.75) is 19.6 Å². The topological polar surface area (TPSA) is 88.4 Å². The molecule has 4 aromatic rings. The third kappa shape index (κ3) is 6.17. The molecule has 1 aliphatic rings. The fourth-order valence-electron chi connectivity index (χ4n) is 4.76. The van der Waals surface area contributed by atoms with Gasteiger partial charge in [-0.05, 0) is 60.5 Å². The highest BCUT2D eigenvalue weighted by atomic mass is 35.5. The summed E-state index contributed by atoms with van der Waals surface area (Å²) in [5.74, 6) is 0.967. The van der Waals surface area contributed by atoms with Crippen molar-refractivity contribution in [2.24, 2.45) is 4.99 Å². The number of benzene rings is 3. The quantitative estimate of drug-likeness (QED) is 0.217. The van der Waals surface area contributed by atoms with E-state index in [2.05, 4.69) is 4.99 Å². The second-order valence-electron chi connectivity index (χ2n) is 9.41. The van der Waals surface area contributed by atoms with Gasteiger partial charge in [-0.15, -0.1) is 0 Å². The van der Waals surface area contributed by atoms with E-state index in [1.165, 1.54) is 23.0 Å². The van der Waals surface area contributed by atoms with E-state index in [-0.39, 0.29) is 27.8 Å². The van der Waals surface area contributed by atoms with Crippen LogP contribution in [0.2, 0.25) is 15.1 Å². The number of nitrogens with zero attached hydrogens (tertiary/aromatic N) is 2.